The van der Waals surface area contributed by atoms with Crippen LogP contribution in [0.25, 0.3) is 0 Å². The number of likely N-dealkylation sites (N-methyl/N-ethyl adjacent to an activating group) is 1. The molecule has 5 nitrogen and oxygen atoms in total. The van der Waals surface area contributed by atoms with Crippen molar-refractivity contribution in [2.45, 2.75) is 31.9 Å². The second-order valence-corrected chi connectivity index (χ2v) is 5.88. The Morgan fingerprint density at radius 3 is 3.14 bits per heavy atom. The smallest absolute Gasteiger partial charge is 0.254 e. The molecule has 2 fully saturated rings. The van der Waals surface area contributed by atoms with Gasteiger partial charge in [0.1, 0.15) is 0 Å². The van der Waals surface area contributed by atoms with Gasteiger partial charge >= 0.3 is 0 Å². The second kappa shape index (κ2) is 6.12. The summed E-state index contributed by atoms with van der Waals surface area (Å²) in [4.78, 5) is 21.2. The van der Waals surface area contributed by atoms with Crippen LogP contribution in [-0.2, 0) is 11.2 Å². The lowest BCUT2D eigenvalue weighted by Crippen LogP contribution is -2.59. The molecule has 0 saturated carbocycles. The maximum Gasteiger partial charge on any atom is 0.254 e. The largest absolute Gasteiger partial charge is 0.375 e. The number of rotatable bonds is 2. The molecule has 0 spiro atoms. The molecule has 1 amide bonds. The molecule has 2 saturated heterocycles. The molecule has 2 aliphatic rings. The monoisotopic (exact) mass is 289 g/mol. The van der Waals surface area contributed by atoms with Crippen molar-refractivity contribution in [3.05, 3.63) is 29.6 Å². The fourth-order valence-corrected chi connectivity index (χ4v) is 3.31. The molecule has 0 aliphatic carbocycles. The summed E-state index contributed by atoms with van der Waals surface area (Å²) in [5, 5.41) is 0. The highest BCUT2D eigenvalue weighted by atomic mass is 16.5. The fourth-order valence-electron chi connectivity index (χ4n) is 3.31. The number of carbonyl (C=O) groups is 1. The average Bonchev–Trinajstić information content (AvgIpc) is 2.54. The van der Waals surface area contributed by atoms with E-state index in [-0.39, 0.29) is 12.0 Å². The maximum atomic E-state index is 12.8. The molecule has 2 atom stereocenters. The Morgan fingerprint density at radius 2 is 2.33 bits per heavy atom. The van der Waals surface area contributed by atoms with Gasteiger partial charge in [0.05, 0.1) is 18.8 Å². The minimum atomic E-state index is 0.131. The van der Waals surface area contributed by atoms with Crippen molar-refractivity contribution in [1.82, 2.24) is 14.8 Å². The van der Waals surface area contributed by atoms with E-state index < -0.39 is 0 Å². The summed E-state index contributed by atoms with van der Waals surface area (Å²) in [5.41, 5.74) is 1.82. The van der Waals surface area contributed by atoms with E-state index in [1.54, 1.807) is 12.4 Å². The zero-order chi connectivity index (χ0) is 14.8. The SMILES string of the molecule is CCc1cnccc1C(=O)N1CC[C@@H]2OCCN(C)[C@H]2C1. The molecule has 2 aliphatic heterocycles. The second-order valence-electron chi connectivity index (χ2n) is 5.88. The van der Waals surface area contributed by atoms with E-state index in [1.165, 1.54) is 0 Å². The first-order valence-electron chi connectivity index (χ1n) is 7.74. The fraction of sp³-hybridized carbons (Fsp3) is 0.625. The van der Waals surface area contributed by atoms with Crippen LogP contribution in [0.5, 0.6) is 0 Å². The van der Waals surface area contributed by atoms with Gasteiger partial charge < -0.3 is 9.64 Å². The van der Waals surface area contributed by atoms with Crippen molar-refractivity contribution in [1.29, 1.82) is 0 Å². The van der Waals surface area contributed by atoms with Crippen LogP contribution in [0.15, 0.2) is 18.5 Å². The Bertz CT molecular complexity index is 520. The van der Waals surface area contributed by atoms with Crippen LogP contribution in [-0.4, -0.2) is 66.1 Å². The van der Waals surface area contributed by atoms with Crippen LogP contribution in [0.2, 0.25) is 0 Å². The van der Waals surface area contributed by atoms with Crippen molar-refractivity contribution < 1.29 is 9.53 Å². The van der Waals surface area contributed by atoms with Crippen LogP contribution in [0.4, 0.5) is 0 Å². The number of amides is 1. The van der Waals surface area contributed by atoms with Gasteiger partial charge in [-0.2, -0.15) is 0 Å². The molecule has 0 N–H and O–H groups in total. The molecule has 1 aromatic rings. The van der Waals surface area contributed by atoms with Crippen molar-refractivity contribution in [3.63, 3.8) is 0 Å². The number of hydrogen-bond acceptors (Lipinski definition) is 4. The van der Waals surface area contributed by atoms with E-state index in [0.29, 0.717) is 6.04 Å². The predicted molar refractivity (Wildman–Crippen MR) is 80.3 cm³/mol. The number of morpholine rings is 1. The number of aryl methyl sites for hydroxylation is 1. The third-order valence-electron chi connectivity index (χ3n) is 4.66. The predicted octanol–water partition coefficient (Wildman–Crippen LogP) is 1.19. The maximum absolute atomic E-state index is 12.8. The van der Waals surface area contributed by atoms with Crippen molar-refractivity contribution >= 4 is 5.91 Å². The molecule has 0 aromatic carbocycles. The minimum Gasteiger partial charge on any atom is -0.375 e. The Morgan fingerprint density at radius 1 is 1.48 bits per heavy atom. The highest BCUT2D eigenvalue weighted by Gasteiger charge is 2.37. The highest BCUT2D eigenvalue weighted by molar-refractivity contribution is 5.95. The van der Waals surface area contributed by atoms with E-state index in [1.807, 2.05) is 11.0 Å². The van der Waals surface area contributed by atoms with Gasteiger partial charge in [-0.05, 0) is 31.5 Å². The first-order chi connectivity index (χ1) is 10.2. The van der Waals surface area contributed by atoms with Gasteiger partial charge in [-0.1, -0.05) is 6.92 Å². The number of aromatic nitrogens is 1. The molecule has 114 valence electrons. The summed E-state index contributed by atoms with van der Waals surface area (Å²) in [5.74, 6) is 0.131. The van der Waals surface area contributed by atoms with Gasteiger partial charge in [-0.3, -0.25) is 14.7 Å². The number of pyridine rings is 1. The normalized spacial score (nSPS) is 26.5. The van der Waals surface area contributed by atoms with Gasteiger partial charge in [0.15, 0.2) is 0 Å². The number of nitrogens with zero attached hydrogens (tertiary/aromatic N) is 3. The third kappa shape index (κ3) is 2.80. The number of ether oxygens (including phenoxy) is 1. The summed E-state index contributed by atoms with van der Waals surface area (Å²) in [6.07, 6.45) is 5.53. The molecule has 0 unspecified atom stereocenters. The van der Waals surface area contributed by atoms with E-state index in [9.17, 15) is 4.79 Å². The van der Waals surface area contributed by atoms with E-state index in [4.69, 9.17) is 4.74 Å². The quantitative estimate of drug-likeness (QED) is 0.820. The molecule has 3 heterocycles. The van der Waals surface area contributed by atoms with Crippen molar-refractivity contribution in [3.8, 4) is 0 Å². The molecule has 0 bridgehead atoms. The third-order valence-corrected chi connectivity index (χ3v) is 4.66. The highest BCUT2D eigenvalue weighted by Crippen LogP contribution is 2.23. The lowest BCUT2D eigenvalue weighted by Gasteiger charge is -2.45. The Kier molecular flexibility index (Phi) is 4.22. The topological polar surface area (TPSA) is 45.7 Å². The van der Waals surface area contributed by atoms with Crippen molar-refractivity contribution in [2.24, 2.45) is 0 Å². The molecule has 21 heavy (non-hydrogen) atoms. The van der Waals surface area contributed by atoms with Crippen LogP contribution in [0.1, 0.15) is 29.3 Å². The van der Waals surface area contributed by atoms with Crippen LogP contribution in [0, 0.1) is 0 Å². The number of hydrogen-bond donors (Lipinski definition) is 0. The van der Waals surface area contributed by atoms with Gasteiger partial charge in [0.2, 0.25) is 0 Å². The van der Waals surface area contributed by atoms with E-state index in [2.05, 4.69) is 23.9 Å². The van der Waals surface area contributed by atoms with Crippen LogP contribution in [0.3, 0.4) is 0 Å². The van der Waals surface area contributed by atoms with Crippen molar-refractivity contribution in [2.75, 3.05) is 33.3 Å². The summed E-state index contributed by atoms with van der Waals surface area (Å²) in [6, 6.07) is 2.16. The van der Waals surface area contributed by atoms with Gasteiger partial charge in [-0.15, -0.1) is 0 Å². The zero-order valence-corrected chi connectivity index (χ0v) is 12.8. The Labute approximate surface area is 125 Å². The average molecular weight is 289 g/mol. The molecule has 0 radical (unpaired) electrons. The summed E-state index contributed by atoms with van der Waals surface area (Å²) < 4.78 is 5.84. The first kappa shape index (κ1) is 14.5. The number of piperidine rings is 1. The Hall–Kier alpha value is -1.46. The zero-order valence-electron chi connectivity index (χ0n) is 12.8. The van der Waals surface area contributed by atoms with Gasteiger partial charge in [-0.25, -0.2) is 0 Å². The number of carbonyl (C=O) groups excluding carboxylic acids is 1. The lowest BCUT2D eigenvalue weighted by molar-refractivity contribution is -0.0893. The Balaban J connectivity index is 1.76. The lowest BCUT2D eigenvalue weighted by atomic mass is 9.97. The molecule has 5 heteroatoms. The summed E-state index contributed by atoms with van der Waals surface area (Å²) in [6.45, 7) is 5.34. The van der Waals surface area contributed by atoms with E-state index in [0.717, 1.165) is 50.2 Å². The number of fused-ring (bicyclic) bond motifs is 1. The minimum absolute atomic E-state index is 0.131. The number of likely N-dealkylation sites (tertiary alicyclic amines) is 1. The summed E-state index contributed by atoms with van der Waals surface area (Å²) >= 11 is 0. The molecule has 3 rings (SSSR count). The summed E-state index contributed by atoms with van der Waals surface area (Å²) in [7, 11) is 2.12. The molecular weight excluding hydrogens is 266 g/mol. The molecule has 1 aromatic heterocycles. The van der Waals surface area contributed by atoms with E-state index >= 15 is 0 Å². The van der Waals surface area contributed by atoms with Gasteiger partial charge in [0.25, 0.3) is 5.91 Å². The first-order valence-corrected chi connectivity index (χ1v) is 7.74. The van der Waals surface area contributed by atoms with Crippen LogP contribution >= 0.6 is 0 Å². The standard InChI is InChI=1S/C16H23N3O2/c1-3-12-10-17-6-4-13(12)16(20)19-7-5-15-14(11-19)18(2)8-9-21-15/h4,6,10,14-15H,3,5,7-9,11H2,1-2H3/t14-,15-/m0/s1. The van der Waals surface area contributed by atoms with Gasteiger partial charge in [0, 0.05) is 37.6 Å². The van der Waals surface area contributed by atoms with Crippen LogP contribution < -0.4 is 0 Å². The molecular formula is C16H23N3O2.